The zero-order chi connectivity index (χ0) is 9.80. The number of nitrogens with one attached hydrogen (secondary N) is 1. The summed E-state index contributed by atoms with van der Waals surface area (Å²) in [6.07, 6.45) is 5.23. The quantitative estimate of drug-likeness (QED) is 0.831. The molecule has 1 unspecified atom stereocenters. The fourth-order valence-corrected chi connectivity index (χ4v) is 2.25. The summed E-state index contributed by atoms with van der Waals surface area (Å²) in [5.74, 6) is 0. The van der Waals surface area contributed by atoms with E-state index in [1.807, 2.05) is 25.5 Å². The standard InChI is InChI=1S/C10H11N3S/c1-11-10(9-3-2-4-14-9)8-5-12-7-13-6-8/h2-7,10-11H,1H3. The molecule has 0 radical (unpaired) electrons. The first-order chi connectivity index (χ1) is 6.92. The number of aromatic nitrogens is 2. The van der Waals surface area contributed by atoms with Gasteiger partial charge in [0, 0.05) is 22.8 Å². The van der Waals surface area contributed by atoms with Gasteiger partial charge in [0.1, 0.15) is 6.33 Å². The van der Waals surface area contributed by atoms with Crippen LogP contribution in [0, 0.1) is 0 Å². The molecule has 1 atom stereocenters. The molecule has 0 saturated carbocycles. The van der Waals surface area contributed by atoms with Crippen molar-refractivity contribution < 1.29 is 0 Å². The number of rotatable bonds is 3. The highest BCUT2D eigenvalue weighted by Gasteiger charge is 2.12. The van der Waals surface area contributed by atoms with E-state index in [4.69, 9.17) is 0 Å². The van der Waals surface area contributed by atoms with Gasteiger partial charge in [0.25, 0.3) is 0 Å². The van der Waals surface area contributed by atoms with Crippen LogP contribution in [-0.4, -0.2) is 17.0 Å². The van der Waals surface area contributed by atoms with Crippen LogP contribution in [-0.2, 0) is 0 Å². The van der Waals surface area contributed by atoms with E-state index < -0.39 is 0 Å². The van der Waals surface area contributed by atoms with E-state index in [0.29, 0.717) is 0 Å². The number of hydrogen-bond acceptors (Lipinski definition) is 4. The van der Waals surface area contributed by atoms with Crippen molar-refractivity contribution in [2.75, 3.05) is 7.05 Å². The van der Waals surface area contributed by atoms with Gasteiger partial charge in [-0.2, -0.15) is 0 Å². The van der Waals surface area contributed by atoms with Gasteiger partial charge >= 0.3 is 0 Å². The van der Waals surface area contributed by atoms with Crippen molar-refractivity contribution in [3.05, 3.63) is 46.7 Å². The molecular weight excluding hydrogens is 194 g/mol. The van der Waals surface area contributed by atoms with E-state index in [9.17, 15) is 0 Å². The highest BCUT2D eigenvalue weighted by atomic mass is 32.1. The Labute approximate surface area is 86.8 Å². The fraction of sp³-hybridized carbons (Fsp3) is 0.200. The summed E-state index contributed by atoms with van der Waals surface area (Å²) < 4.78 is 0. The Balaban J connectivity index is 2.31. The van der Waals surface area contributed by atoms with Gasteiger partial charge in [-0.3, -0.25) is 0 Å². The maximum atomic E-state index is 4.02. The van der Waals surface area contributed by atoms with E-state index in [1.165, 1.54) is 4.88 Å². The molecule has 0 saturated heterocycles. The molecule has 2 heterocycles. The van der Waals surface area contributed by atoms with Gasteiger partial charge in [0.15, 0.2) is 0 Å². The first kappa shape index (κ1) is 9.30. The lowest BCUT2D eigenvalue weighted by atomic mass is 10.1. The minimum Gasteiger partial charge on any atom is -0.309 e. The Bertz CT molecular complexity index is 372. The second kappa shape index (κ2) is 4.30. The summed E-state index contributed by atoms with van der Waals surface area (Å²) in [4.78, 5) is 9.31. The molecule has 2 aromatic rings. The van der Waals surface area contributed by atoms with Gasteiger partial charge in [-0.25, -0.2) is 9.97 Å². The van der Waals surface area contributed by atoms with Gasteiger partial charge in [-0.05, 0) is 18.5 Å². The molecule has 0 aliphatic heterocycles. The summed E-state index contributed by atoms with van der Waals surface area (Å²) in [5.41, 5.74) is 1.09. The highest BCUT2D eigenvalue weighted by molar-refractivity contribution is 7.10. The smallest absolute Gasteiger partial charge is 0.115 e. The Kier molecular flexibility index (Phi) is 2.86. The molecule has 3 nitrogen and oxygen atoms in total. The van der Waals surface area contributed by atoms with Crippen LogP contribution in [0.15, 0.2) is 36.2 Å². The SMILES string of the molecule is CNC(c1cncnc1)c1cccs1. The van der Waals surface area contributed by atoms with Crippen LogP contribution in [0.25, 0.3) is 0 Å². The van der Waals surface area contributed by atoms with Crippen LogP contribution in [0.3, 0.4) is 0 Å². The molecule has 0 aliphatic rings. The molecule has 0 spiro atoms. The van der Waals surface area contributed by atoms with E-state index in [0.717, 1.165) is 5.56 Å². The van der Waals surface area contributed by atoms with Crippen molar-refractivity contribution >= 4 is 11.3 Å². The third kappa shape index (κ3) is 1.81. The topological polar surface area (TPSA) is 37.8 Å². The van der Waals surface area contributed by atoms with Crippen molar-refractivity contribution in [1.82, 2.24) is 15.3 Å². The molecule has 0 fully saturated rings. The fourth-order valence-electron chi connectivity index (χ4n) is 1.39. The lowest BCUT2D eigenvalue weighted by Crippen LogP contribution is -2.16. The van der Waals surface area contributed by atoms with Gasteiger partial charge < -0.3 is 5.32 Å². The maximum Gasteiger partial charge on any atom is 0.115 e. The summed E-state index contributed by atoms with van der Waals surface area (Å²) in [5, 5.41) is 5.32. The molecule has 4 heteroatoms. The second-order valence-corrected chi connectivity index (χ2v) is 3.89. The minimum atomic E-state index is 0.205. The largest absolute Gasteiger partial charge is 0.309 e. The van der Waals surface area contributed by atoms with E-state index >= 15 is 0 Å². The van der Waals surface area contributed by atoms with Crippen molar-refractivity contribution in [2.45, 2.75) is 6.04 Å². The highest BCUT2D eigenvalue weighted by Crippen LogP contribution is 2.24. The molecule has 0 bridgehead atoms. The average molecular weight is 205 g/mol. The number of nitrogens with zero attached hydrogens (tertiary/aromatic N) is 2. The maximum absolute atomic E-state index is 4.02. The minimum absolute atomic E-state index is 0.205. The second-order valence-electron chi connectivity index (χ2n) is 2.91. The van der Waals surface area contributed by atoms with Crippen molar-refractivity contribution in [3.8, 4) is 0 Å². The zero-order valence-corrected chi connectivity index (χ0v) is 8.66. The molecule has 0 amide bonds. The van der Waals surface area contributed by atoms with Crippen LogP contribution < -0.4 is 5.32 Å². The Morgan fingerprint density at radius 2 is 2.14 bits per heavy atom. The number of thiophene rings is 1. The van der Waals surface area contributed by atoms with Crippen LogP contribution in [0.5, 0.6) is 0 Å². The molecule has 1 N–H and O–H groups in total. The molecule has 2 rings (SSSR count). The van der Waals surface area contributed by atoms with Crippen molar-refractivity contribution in [3.63, 3.8) is 0 Å². The summed E-state index contributed by atoms with van der Waals surface area (Å²) in [7, 11) is 1.94. The van der Waals surface area contributed by atoms with Gasteiger partial charge in [-0.15, -0.1) is 11.3 Å². The van der Waals surface area contributed by atoms with Gasteiger partial charge in [0.2, 0.25) is 0 Å². The van der Waals surface area contributed by atoms with E-state index in [1.54, 1.807) is 17.7 Å². The predicted octanol–water partition coefficient (Wildman–Crippen LogP) is 1.85. The Morgan fingerprint density at radius 3 is 2.71 bits per heavy atom. The molecular formula is C10H11N3S. The van der Waals surface area contributed by atoms with Crippen LogP contribution >= 0.6 is 11.3 Å². The Morgan fingerprint density at radius 1 is 1.36 bits per heavy atom. The number of hydrogen-bond donors (Lipinski definition) is 1. The molecule has 0 aliphatic carbocycles. The molecule has 14 heavy (non-hydrogen) atoms. The van der Waals surface area contributed by atoms with Crippen molar-refractivity contribution in [2.24, 2.45) is 0 Å². The summed E-state index contributed by atoms with van der Waals surface area (Å²) >= 11 is 1.73. The summed E-state index contributed by atoms with van der Waals surface area (Å²) in [6, 6.07) is 4.36. The zero-order valence-electron chi connectivity index (χ0n) is 7.84. The lowest BCUT2D eigenvalue weighted by molar-refractivity contribution is 0.696. The van der Waals surface area contributed by atoms with E-state index in [2.05, 4.69) is 26.7 Å². The summed E-state index contributed by atoms with van der Waals surface area (Å²) in [6.45, 7) is 0. The van der Waals surface area contributed by atoms with Crippen LogP contribution in [0.1, 0.15) is 16.5 Å². The third-order valence-corrected chi connectivity index (χ3v) is 2.97. The monoisotopic (exact) mass is 205 g/mol. The first-order valence-corrected chi connectivity index (χ1v) is 5.25. The third-order valence-electron chi connectivity index (χ3n) is 2.03. The van der Waals surface area contributed by atoms with Gasteiger partial charge in [0.05, 0.1) is 6.04 Å². The normalized spacial score (nSPS) is 12.6. The van der Waals surface area contributed by atoms with Crippen molar-refractivity contribution in [1.29, 1.82) is 0 Å². The van der Waals surface area contributed by atoms with Crippen LogP contribution in [0.4, 0.5) is 0 Å². The van der Waals surface area contributed by atoms with E-state index in [-0.39, 0.29) is 6.04 Å². The average Bonchev–Trinajstić information content (AvgIpc) is 2.74. The molecule has 2 aromatic heterocycles. The first-order valence-electron chi connectivity index (χ1n) is 4.37. The van der Waals surface area contributed by atoms with Gasteiger partial charge in [-0.1, -0.05) is 6.07 Å². The lowest BCUT2D eigenvalue weighted by Gasteiger charge is -2.13. The molecule has 72 valence electrons. The predicted molar refractivity (Wildman–Crippen MR) is 57.3 cm³/mol. The Hall–Kier alpha value is -1.26. The molecule has 0 aromatic carbocycles. The van der Waals surface area contributed by atoms with Crippen LogP contribution in [0.2, 0.25) is 0 Å².